The van der Waals surface area contributed by atoms with Crippen molar-refractivity contribution in [3.63, 3.8) is 0 Å². The summed E-state index contributed by atoms with van der Waals surface area (Å²) in [5.74, 6) is 3.23. The molecule has 0 fully saturated rings. The first-order valence-electron chi connectivity index (χ1n) is 18.6. The molecule has 0 saturated carbocycles. The van der Waals surface area contributed by atoms with E-state index in [4.69, 9.17) is 19.3 Å². The zero-order valence-electron chi connectivity index (χ0n) is 32.1. The monoisotopic (exact) mass is 682 g/mol. The topological polar surface area (TPSA) is 65.0 Å². The maximum absolute atomic E-state index is 12.2. The number of phenolic OH excluding ortho intramolecular Hbond substituents is 1. The number of aromatic hydroxyl groups is 1. The number of aryl methyl sites for hydroxylation is 1. The van der Waals surface area contributed by atoms with E-state index in [0.29, 0.717) is 41.4 Å². The molecular formula is C45H62O5. The predicted octanol–water partition coefficient (Wildman–Crippen LogP) is 12.6. The minimum atomic E-state index is -0.302. The summed E-state index contributed by atoms with van der Waals surface area (Å²) in [7, 11) is 0. The zero-order chi connectivity index (χ0) is 36.9. The van der Waals surface area contributed by atoms with Crippen LogP contribution >= 0.6 is 0 Å². The molecule has 0 aromatic heterocycles. The van der Waals surface area contributed by atoms with Crippen molar-refractivity contribution in [2.45, 2.75) is 125 Å². The van der Waals surface area contributed by atoms with E-state index in [1.165, 1.54) is 35.1 Å². The Morgan fingerprint density at radius 2 is 1.04 bits per heavy atom. The molecule has 50 heavy (non-hydrogen) atoms. The van der Waals surface area contributed by atoms with Gasteiger partial charge in [0.05, 0.1) is 5.56 Å². The van der Waals surface area contributed by atoms with Gasteiger partial charge in [0.1, 0.15) is 17.2 Å². The van der Waals surface area contributed by atoms with Gasteiger partial charge in [0, 0.05) is 6.61 Å². The number of esters is 1. The van der Waals surface area contributed by atoms with E-state index in [2.05, 4.69) is 60.6 Å². The van der Waals surface area contributed by atoms with E-state index < -0.39 is 0 Å². The number of unbranched alkanes of at least 4 members (excludes halogenated alkanes) is 1. The molecule has 0 spiro atoms. The Morgan fingerprint density at radius 3 is 1.46 bits per heavy atom. The van der Waals surface area contributed by atoms with Crippen LogP contribution < -0.4 is 9.47 Å². The normalized spacial score (nSPS) is 13.0. The molecule has 0 aliphatic carbocycles. The van der Waals surface area contributed by atoms with Crippen LogP contribution in [0.4, 0.5) is 0 Å². The van der Waals surface area contributed by atoms with Gasteiger partial charge in [0.25, 0.3) is 0 Å². The number of ether oxygens (including phenoxy) is 3. The molecule has 4 atom stereocenters. The molecule has 0 radical (unpaired) electrons. The number of rotatable bonds is 15. The highest BCUT2D eigenvalue weighted by Gasteiger charge is 2.10. The minimum absolute atomic E-state index is 0.181. The molecule has 0 aliphatic heterocycles. The Labute approximate surface area is 303 Å². The molecular weight excluding hydrogens is 620 g/mol. The van der Waals surface area contributed by atoms with Crippen molar-refractivity contribution in [3.8, 4) is 17.2 Å². The molecule has 0 amide bonds. The number of carbonyl (C=O) groups is 1. The number of hydrogen-bond donors (Lipinski definition) is 1. The average molecular weight is 683 g/mol. The minimum Gasteiger partial charge on any atom is -0.508 e. The lowest BCUT2D eigenvalue weighted by Crippen LogP contribution is -2.15. The lowest BCUT2D eigenvalue weighted by molar-refractivity contribution is -0.0613. The van der Waals surface area contributed by atoms with Gasteiger partial charge < -0.3 is 19.3 Å². The molecule has 4 rings (SSSR count). The second kappa shape index (κ2) is 23.3. The largest absolute Gasteiger partial charge is 0.508 e. The van der Waals surface area contributed by atoms with Crippen LogP contribution in [0.5, 0.6) is 17.2 Å². The highest BCUT2D eigenvalue weighted by atomic mass is 16.7. The lowest BCUT2D eigenvalue weighted by atomic mass is 9.99. The molecule has 5 heteroatoms. The van der Waals surface area contributed by atoms with Crippen LogP contribution in [0.3, 0.4) is 0 Å². The molecule has 4 aromatic carbocycles. The second-order valence-corrected chi connectivity index (χ2v) is 13.0. The fraction of sp³-hybridized carbons (Fsp3) is 0.444. The smallest absolute Gasteiger partial charge is 0.343 e. The van der Waals surface area contributed by atoms with Crippen molar-refractivity contribution in [1.82, 2.24) is 0 Å². The predicted molar refractivity (Wildman–Crippen MR) is 209 cm³/mol. The number of benzene rings is 4. The quantitative estimate of drug-likeness (QED) is 0.0768. The van der Waals surface area contributed by atoms with E-state index in [-0.39, 0.29) is 12.3 Å². The molecule has 272 valence electrons. The van der Waals surface area contributed by atoms with E-state index in [9.17, 15) is 4.79 Å². The van der Waals surface area contributed by atoms with Crippen molar-refractivity contribution in [2.75, 3.05) is 6.61 Å². The summed E-state index contributed by atoms with van der Waals surface area (Å²) in [6.07, 6.45) is 6.63. The number of hydrogen-bond acceptors (Lipinski definition) is 5. The number of carbonyl (C=O) groups excluding carboxylic acids is 1. The third kappa shape index (κ3) is 15.2. The van der Waals surface area contributed by atoms with Crippen molar-refractivity contribution in [2.24, 2.45) is 0 Å². The third-order valence-corrected chi connectivity index (χ3v) is 9.12. The van der Waals surface area contributed by atoms with Gasteiger partial charge >= 0.3 is 5.97 Å². The summed E-state index contributed by atoms with van der Waals surface area (Å²) in [6, 6.07) is 31.2. The van der Waals surface area contributed by atoms with Crippen molar-refractivity contribution in [3.05, 3.63) is 125 Å². The van der Waals surface area contributed by atoms with Crippen LogP contribution in [0.1, 0.15) is 145 Å². The van der Waals surface area contributed by atoms with Gasteiger partial charge in [0.2, 0.25) is 0 Å². The Kier molecular flexibility index (Phi) is 19.6. The van der Waals surface area contributed by atoms with Crippen molar-refractivity contribution in [1.29, 1.82) is 0 Å². The van der Waals surface area contributed by atoms with Gasteiger partial charge in [-0.3, -0.25) is 0 Å². The van der Waals surface area contributed by atoms with Crippen molar-refractivity contribution < 1.29 is 24.1 Å². The van der Waals surface area contributed by atoms with Gasteiger partial charge in [-0.1, -0.05) is 103 Å². The fourth-order valence-electron chi connectivity index (χ4n) is 5.06. The summed E-state index contributed by atoms with van der Waals surface area (Å²) in [5.41, 5.74) is 5.79. The molecule has 5 nitrogen and oxygen atoms in total. The first-order chi connectivity index (χ1) is 24.0. The second-order valence-electron chi connectivity index (χ2n) is 13.0. The Balaban J connectivity index is 0.000000279. The number of phenols is 1. The highest BCUT2D eigenvalue weighted by molar-refractivity contribution is 5.91. The molecule has 0 heterocycles. The molecule has 0 bridgehead atoms. The standard InChI is InChI=1S/C21H26O2.C14H22O2.C10H14O/c1-4-6-7-17-8-10-19(11-9-17)21(22)23-20-14-12-18(13-15-20)16(3)5-2;1-5-11(3)13-7-9-14(10-8-13)16-12(4)15-6-2;1-3-8(2)9-4-6-10(11)7-5-9/h8-16H,4-7H2,1-3H3;7-12H,5-6H2,1-4H3;4-8,11H,3H2,1-2H3. The van der Waals surface area contributed by atoms with E-state index >= 15 is 0 Å². The van der Waals surface area contributed by atoms with Crippen LogP contribution in [-0.4, -0.2) is 24.0 Å². The Bertz CT molecular complexity index is 1460. The first-order valence-corrected chi connectivity index (χ1v) is 18.6. The van der Waals surface area contributed by atoms with Gasteiger partial charge in [0.15, 0.2) is 6.29 Å². The highest BCUT2D eigenvalue weighted by Crippen LogP contribution is 2.24. The van der Waals surface area contributed by atoms with Gasteiger partial charge in [-0.05, 0) is 134 Å². The first kappa shape index (κ1) is 42.1. The van der Waals surface area contributed by atoms with Crippen LogP contribution in [0, 0.1) is 0 Å². The van der Waals surface area contributed by atoms with Gasteiger partial charge in [-0.15, -0.1) is 0 Å². The van der Waals surface area contributed by atoms with Crippen LogP contribution in [0.25, 0.3) is 0 Å². The SMILES string of the molecule is CCC(C)c1ccc(O)cc1.CCCCc1ccc(C(=O)Oc2ccc(C(C)CC)cc2)cc1.CCOC(C)Oc1ccc(C(C)CC)cc1. The summed E-state index contributed by atoms with van der Waals surface area (Å²) in [4.78, 5) is 12.2. The molecule has 4 aromatic rings. The third-order valence-electron chi connectivity index (χ3n) is 9.12. The van der Waals surface area contributed by atoms with Gasteiger partial charge in [-0.25, -0.2) is 4.79 Å². The molecule has 0 aliphatic rings. The maximum atomic E-state index is 12.2. The van der Waals surface area contributed by atoms with E-state index in [0.717, 1.165) is 31.4 Å². The van der Waals surface area contributed by atoms with Crippen molar-refractivity contribution >= 4 is 5.97 Å². The summed E-state index contributed by atoms with van der Waals surface area (Å²) >= 11 is 0. The van der Waals surface area contributed by atoms with E-state index in [1.54, 1.807) is 12.1 Å². The van der Waals surface area contributed by atoms with Crippen LogP contribution in [0.2, 0.25) is 0 Å². The van der Waals surface area contributed by atoms with Crippen LogP contribution in [-0.2, 0) is 11.2 Å². The summed E-state index contributed by atoms with van der Waals surface area (Å²) < 4.78 is 16.4. The molecule has 4 unspecified atom stereocenters. The maximum Gasteiger partial charge on any atom is 0.343 e. The fourth-order valence-corrected chi connectivity index (χ4v) is 5.06. The molecule has 1 N–H and O–H groups in total. The van der Waals surface area contributed by atoms with Crippen LogP contribution in [0.15, 0.2) is 97.1 Å². The summed E-state index contributed by atoms with van der Waals surface area (Å²) in [5, 5.41) is 9.01. The average Bonchev–Trinajstić information content (AvgIpc) is 3.14. The van der Waals surface area contributed by atoms with Gasteiger partial charge in [-0.2, -0.15) is 0 Å². The molecule has 0 saturated heterocycles. The summed E-state index contributed by atoms with van der Waals surface area (Å²) in [6.45, 7) is 19.9. The Morgan fingerprint density at radius 1 is 0.600 bits per heavy atom. The Hall–Kier alpha value is -4.09. The van der Waals surface area contributed by atoms with E-state index in [1.807, 2.05) is 86.6 Å². The zero-order valence-corrected chi connectivity index (χ0v) is 32.1. The lowest BCUT2D eigenvalue weighted by Gasteiger charge is -2.15.